The molecule has 0 atom stereocenters. The van der Waals surface area contributed by atoms with Gasteiger partial charge in [-0.1, -0.05) is 64.1 Å². The summed E-state index contributed by atoms with van der Waals surface area (Å²) in [7, 11) is 0. The highest BCUT2D eigenvalue weighted by Gasteiger charge is 2.10. The van der Waals surface area contributed by atoms with Crippen molar-refractivity contribution in [2.24, 2.45) is 9.98 Å². The van der Waals surface area contributed by atoms with Crippen molar-refractivity contribution in [2.45, 2.75) is 53.4 Å². The van der Waals surface area contributed by atoms with Gasteiger partial charge in [0.15, 0.2) is 0 Å². The first-order valence-corrected chi connectivity index (χ1v) is 12.8. The quantitative estimate of drug-likeness (QED) is 0.252. The summed E-state index contributed by atoms with van der Waals surface area (Å²) in [4.78, 5) is 9.59. The normalized spacial score (nSPS) is 11.8. The molecule has 4 rings (SSSR count). The average molecular weight is 479 g/mol. The maximum absolute atomic E-state index is 10.7. The first kappa shape index (κ1) is 25.2. The predicted molar refractivity (Wildman–Crippen MR) is 152 cm³/mol. The van der Waals surface area contributed by atoms with Gasteiger partial charge in [0, 0.05) is 28.9 Å². The molecule has 0 saturated carbocycles. The molecule has 0 radical (unpaired) electrons. The zero-order valence-corrected chi connectivity index (χ0v) is 21.5. The number of phenols is 2. The van der Waals surface area contributed by atoms with E-state index in [1.54, 1.807) is 12.4 Å². The second kappa shape index (κ2) is 11.2. The van der Waals surface area contributed by atoms with Crippen LogP contribution in [0, 0.1) is 0 Å². The van der Waals surface area contributed by atoms with Crippen LogP contribution in [0.4, 0.5) is 11.4 Å². The number of aliphatic imine (C=N–C) groups is 2. The summed E-state index contributed by atoms with van der Waals surface area (Å²) < 4.78 is 0. The lowest BCUT2D eigenvalue weighted by molar-refractivity contribution is 0.467. The van der Waals surface area contributed by atoms with E-state index in [2.05, 4.69) is 26.0 Å². The fourth-order valence-electron chi connectivity index (χ4n) is 4.51. The van der Waals surface area contributed by atoms with E-state index in [0.29, 0.717) is 0 Å². The molecule has 0 bridgehead atoms. The highest BCUT2D eigenvalue weighted by Crippen LogP contribution is 2.35. The van der Waals surface area contributed by atoms with Crippen LogP contribution in [0.2, 0.25) is 0 Å². The van der Waals surface area contributed by atoms with E-state index in [-0.39, 0.29) is 11.5 Å². The standard InChI is InChI=1S/C32H34N2O2/c1-5-21-15-23(7-3)31(35)26(17-21)19-33-28-13-9-11-25-12-10-14-29(30(25)28)34-20-27-18-22(6-2)16-24(8-4)32(27)36/h9-20,35-36H,5-8H2,1-4H3. The van der Waals surface area contributed by atoms with Crippen molar-refractivity contribution in [3.8, 4) is 11.5 Å². The van der Waals surface area contributed by atoms with Crippen molar-refractivity contribution < 1.29 is 10.2 Å². The molecular formula is C32H34N2O2. The monoisotopic (exact) mass is 478 g/mol. The number of hydrogen-bond donors (Lipinski definition) is 2. The van der Waals surface area contributed by atoms with Crippen LogP contribution >= 0.6 is 0 Å². The number of aryl methyl sites for hydroxylation is 4. The molecule has 184 valence electrons. The number of phenolic OH excluding ortho intramolecular Hbond substituents is 2. The lowest BCUT2D eigenvalue weighted by atomic mass is 10.0. The van der Waals surface area contributed by atoms with Gasteiger partial charge in [0.25, 0.3) is 0 Å². The van der Waals surface area contributed by atoms with Gasteiger partial charge in [0.05, 0.1) is 11.4 Å². The molecule has 4 aromatic rings. The third kappa shape index (κ3) is 5.18. The van der Waals surface area contributed by atoms with Gasteiger partial charge in [-0.25, -0.2) is 0 Å². The zero-order valence-electron chi connectivity index (χ0n) is 21.5. The van der Waals surface area contributed by atoms with Crippen molar-refractivity contribution in [1.82, 2.24) is 0 Å². The molecule has 0 saturated heterocycles. The van der Waals surface area contributed by atoms with Crippen molar-refractivity contribution in [3.63, 3.8) is 0 Å². The molecule has 0 aromatic heterocycles. The van der Waals surface area contributed by atoms with E-state index in [4.69, 9.17) is 9.98 Å². The van der Waals surface area contributed by atoms with Crippen LogP contribution in [0.3, 0.4) is 0 Å². The summed E-state index contributed by atoms with van der Waals surface area (Å²) in [6.45, 7) is 8.31. The summed E-state index contributed by atoms with van der Waals surface area (Å²) in [5.41, 5.74) is 7.21. The van der Waals surface area contributed by atoms with Crippen molar-refractivity contribution in [2.75, 3.05) is 0 Å². The number of hydrogen-bond acceptors (Lipinski definition) is 4. The second-order valence-electron chi connectivity index (χ2n) is 8.97. The first-order valence-electron chi connectivity index (χ1n) is 12.8. The average Bonchev–Trinajstić information content (AvgIpc) is 2.91. The SMILES string of the molecule is CCc1cc(C=Nc2cccc3cccc(N=Cc4cc(CC)cc(CC)c4O)c23)c(O)c(CC)c1. The van der Waals surface area contributed by atoms with E-state index in [1.807, 2.05) is 62.4 Å². The molecule has 0 spiro atoms. The van der Waals surface area contributed by atoms with Gasteiger partial charge in [-0.15, -0.1) is 0 Å². The molecule has 0 unspecified atom stereocenters. The number of rotatable bonds is 8. The number of nitrogens with zero attached hydrogens (tertiary/aromatic N) is 2. The highest BCUT2D eigenvalue weighted by molar-refractivity contribution is 6.04. The lowest BCUT2D eigenvalue weighted by Crippen LogP contribution is -1.93. The molecule has 0 aliphatic rings. The Kier molecular flexibility index (Phi) is 7.84. The topological polar surface area (TPSA) is 65.2 Å². The molecule has 0 heterocycles. The summed E-state index contributed by atoms with van der Waals surface area (Å²) in [6.07, 6.45) is 6.80. The van der Waals surface area contributed by atoms with Gasteiger partial charge < -0.3 is 10.2 Å². The van der Waals surface area contributed by atoms with Gasteiger partial charge in [0.2, 0.25) is 0 Å². The van der Waals surface area contributed by atoms with Crippen LogP contribution in [0.15, 0.2) is 70.6 Å². The van der Waals surface area contributed by atoms with Crippen molar-refractivity contribution >= 4 is 34.6 Å². The molecular weight excluding hydrogens is 444 g/mol. The second-order valence-corrected chi connectivity index (χ2v) is 8.97. The van der Waals surface area contributed by atoms with E-state index < -0.39 is 0 Å². The van der Waals surface area contributed by atoms with Gasteiger partial charge in [0.1, 0.15) is 11.5 Å². The molecule has 4 heteroatoms. The third-order valence-electron chi connectivity index (χ3n) is 6.68. The predicted octanol–water partition coefficient (Wildman–Crippen LogP) is 8.00. The summed E-state index contributed by atoms with van der Waals surface area (Å²) in [6, 6.07) is 20.1. The fourth-order valence-corrected chi connectivity index (χ4v) is 4.51. The van der Waals surface area contributed by atoms with Gasteiger partial charge in [-0.2, -0.15) is 0 Å². The Bertz CT molecular complexity index is 1340. The van der Waals surface area contributed by atoms with Crippen molar-refractivity contribution in [3.05, 3.63) is 94.0 Å². The molecule has 2 N–H and O–H groups in total. The van der Waals surface area contributed by atoms with Crippen LogP contribution in [-0.2, 0) is 25.7 Å². The molecule has 0 fully saturated rings. The Morgan fingerprint density at radius 3 is 1.44 bits per heavy atom. The number of fused-ring (bicyclic) bond motifs is 1. The minimum atomic E-state index is 0.287. The maximum atomic E-state index is 10.7. The van der Waals surface area contributed by atoms with Gasteiger partial charge in [-0.05, 0) is 77.6 Å². The molecule has 4 aromatic carbocycles. The van der Waals surface area contributed by atoms with Crippen molar-refractivity contribution in [1.29, 1.82) is 0 Å². The zero-order chi connectivity index (χ0) is 25.7. The fraction of sp³-hybridized carbons (Fsp3) is 0.250. The smallest absolute Gasteiger partial charge is 0.127 e. The maximum Gasteiger partial charge on any atom is 0.127 e. The van der Waals surface area contributed by atoms with Crippen LogP contribution in [0.5, 0.6) is 11.5 Å². The van der Waals surface area contributed by atoms with Crippen LogP contribution < -0.4 is 0 Å². The Hall–Kier alpha value is -3.92. The molecule has 36 heavy (non-hydrogen) atoms. The Morgan fingerprint density at radius 2 is 1.06 bits per heavy atom. The number of aromatic hydroxyl groups is 2. The Balaban J connectivity index is 1.79. The Morgan fingerprint density at radius 1 is 0.611 bits per heavy atom. The van der Waals surface area contributed by atoms with E-state index in [0.717, 1.165) is 70.1 Å². The molecule has 0 amide bonds. The van der Waals surface area contributed by atoms with E-state index in [9.17, 15) is 10.2 Å². The van der Waals surface area contributed by atoms with Gasteiger partial charge in [-0.3, -0.25) is 9.98 Å². The summed E-state index contributed by atoms with van der Waals surface area (Å²) in [5.74, 6) is 0.574. The first-order chi connectivity index (χ1) is 17.5. The molecule has 0 aliphatic heterocycles. The van der Waals surface area contributed by atoms with Crippen LogP contribution in [-0.4, -0.2) is 22.6 Å². The highest BCUT2D eigenvalue weighted by atomic mass is 16.3. The van der Waals surface area contributed by atoms with Crippen LogP contribution in [0.25, 0.3) is 10.8 Å². The van der Waals surface area contributed by atoms with E-state index >= 15 is 0 Å². The van der Waals surface area contributed by atoms with Gasteiger partial charge >= 0.3 is 0 Å². The lowest BCUT2D eigenvalue weighted by Gasteiger charge is -2.10. The third-order valence-corrected chi connectivity index (χ3v) is 6.68. The minimum Gasteiger partial charge on any atom is -0.507 e. The Labute approximate surface area is 213 Å². The molecule has 4 nitrogen and oxygen atoms in total. The molecule has 0 aliphatic carbocycles. The minimum absolute atomic E-state index is 0.287. The van der Waals surface area contributed by atoms with E-state index in [1.165, 1.54) is 11.1 Å². The largest absolute Gasteiger partial charge is 0.507 e. The summed E-state index contributed by atoms with van der Waals surface area (Å²) >= 11 is 0. The summed E-state index contributed by atoms with van der Waals surface area (Å²) in [5, 5.41) is 23.4. The number of benzene rings is 4. The van der Waals surface area contributed by atoms with Crippen LogP contribution in [0.1, 0.15) is 61.1 Å².